The van der Waals surface area contributed by atoms with Crippen LogP contribution in [0.5, 0.6) is 0 Å². The van der Waals surface area contributed by atoms with Crippen LogP contribution in [-0.2, 0) is 16.6 Å². The monoisotopic (exact) mass is 618 g/mol. The molecule has 2 aromatic heterocycles. The Hall–Kier alpha value is -5.48. The van der Waals surface area contributed by atoms with Gasteiger partial charge < -0.3 is 13.8 Å². The van der Waals surface area contributed by atoms with Crippen molar-refractivity contribution in [1.82, 2.24) is 15.0 Å². The molecule has 0 unspecified atom stereocenters. The van der Waals surface area contributed by atoms with Crippen LogP contribution in [-0.4, -0.2) is 36.4 Å². The van der Waals surface area contributed by atoms with Crippen molar-refractivity contribution >= 4 is 21.8 Å². The molecule has 9 nitrogen and oxygen atoms in total. The van der Waals surface area contributed by atoms with Gasteiger partial charge in [-0.3, -0.25) is 4.79 Å². The third kappa shape index (κ3) is 6.13. The number of amides is 1. The van der Waals surface area contributed by atoms with Crippen molar-refractivity contribution in [3.8, 4) is 33.7 Å². The number of carbonyl (C=O) groups is 1. The molecule has 0 aliphatic rings. The van der Waals surface area contributed by atoms with Crippen molar-refractivity contribution in [3.63, 3.8) is 0 Å². The highest BCUT2D eigenvalue weighted by Crippen LogP contribution is 2.35. The van der Waals surface area contributed by atoms with E-state index in [4.69, 9.17) is 8.94 Å². The van der Waals surface area contributed by atoms with Gasteiger partial charge in [0.25, 0.3) is 15.9 Å². The maximum Gasteiger partial charge on any atom is 0.264 e. The number of sulfonamides is 1. The molecule has 0 aliphatic heterocycles. The Morgan fingerprint density at radius 3 is 2.22 bits per heavy atom. The maximum absolute atomic E-state index is 13.7. The van der Waals surface area contributed by atoms with Crippen LogP contribution >= 0.6 is 0 Å². The second kappa shape index (κ2) is 12.3. The van der Waals surface area contributed by atoms with Gasteiger partial charge in [0.2, 0.25) is 11.8 Å². The van der Waals surface area contributed by atoms with Gasteiger partial charge in [-0.1, -0.05) is 71.9 Å². The van der Waals surface area contributed by atoms with Crippen molar-refractivity contribution in [3.05, 3.63) is 132 Å². The zero-order valence-electron chi connectivity index (χ0n) is 24.9. The van der Waals surface area contributed by atoms with E-state index in [0.717, 1.165) is 11.1 Å². The van der Waals surface area contributed by atoms with Crippen molar-refractivity contribution in [2.45, 2.75) is 25.3 Å². The molecule has 10 heteroatoms. The molecule has 0 aliphatic carbocycles. The average molecular weight is 619 g/mol. The number of carbonyl (C=O) groups excluding carboxylic acids is 1. The number of aromatic nitrogens is 2. The first-order valence-corrected chi connectivity index (χ1v) is 15.7. The first-order chi connectivity index (χ1) is 21.7. The molecule has 0 bridgehead atoms. The van der Waals surface area contributed by atoms with Gasteiger partial charge in [0.05, 0.1) is 16.8 Å². The summed E-state index contributed by atoms with van der Waals surface area (Å²) in [5, 5.41) is 3.86. The van der Waals surface area contributed by atoms with Crippen LogP contribution in [0.2, 0.25) is 0 Å². The first kappa shape index (κ1) is 29.6. The number of hydrogen-bond donors (Lipinski definition) is 1. The molecule has 4 aromatic carbocycles. The van der Waals surface area contributed by atoms with E-state index in [1.165, 1.54) is 12.3 Å². The van der Waals surface area contributed by atoms with E-state index < -0.39 is 10.0 Å². The summed E-state index contributed by atoms with van der Waals surface area (Å²) in [5.74, 6) is 0.290. The van der Waals surface area contributed by atoms with Crippen LogP contribution in [0.4, 0.5) is 5.88 Å². The molecule has 0 saturated carbocycles. The topological polar surface area (TPSA) is 119 Å². The van der Waals surface area contributed by atoms with Gasteiger partial charge in [-0.2, -0.15) is 0 Å². The Bertz CT molecular complexity index is 2070. The fraction of sp³-hybridized carbons (Fsp3) is 0.114. The number of hydrogen-bond acceptors (Lipinski definition) is 7. The van der Waals surface area contributed by atoms with Crippen molar-refractivity contribution in [2.75, 3.05) is 11.8 Å². The van der Waals surface area contributed by atoms with E-state index >= 15 is 0 Å². The lowest BCUT2D eigenvalue weighted by molar-refractivity contribution is 0.0785. The van der Waals surface area contributed by atoms with Crippen LogP contribution < -0.4 is 4.72 Å². The summed E-state index contributed by atoms with van der Waals surface area (Å²) in [4.78, 5) is 19.5. The minimum atomic E-state index is -4.08. The number of nitrogens with zero attached hydrogens (tertiary/aromatic N) is 3. The third-order valence-corrected chi connectivity index (χ3v) is 9.02. The van der Waals surface area contributed by atoms with E-state index in [0.29, 0.717) is 45.0 Å². The standard InChI is InChI=1S/C35H30N4O5S/c1-23-24(2)37-44-33(23)38-45(41,42)32-12-8-7-11-31(32)30-18-17-28(34-36-19-20-43-34)21-29(30)22-39(3)35(40)27-15-13-26(14-16-27)25-9-5-4-6-10-25/h4-21,38H,22H2,1-3H3. The number of nitrogens with one attached hydrogen (secondary N) is 1. The lowest BCUT2D eigenvalue weighted by atomic mass is 9.96. The quantitative estimate of drug-likeness (QED) is 0.180. The Morgan fingerprint density at radius 2 is 1.53 bits per heavy atom. The van der Waals surface area contributed by atoms with E-state index in [1.807, 2.05) is 72.8 Å². The zero-order valence-corrected chi connectivity index (χ0v) is 25.7. The fourth-order valence-electron chi connectivity index (χ4n) is 5.08. The summed E-state index contributed by atoms with van der Waals surface area (Å²) >= 11 is 0. The number of anilines is 1. The second-order valence-electron chi connectivity index (χ2n) is 10.6. The van der Waals surface area contributed by atoms with Crippen LogP contribution in [0.1, 0.15) is 27.2 Å². The summed E-state index contributed by atoms with van der Waals surface area (Å²) in [7, 11) is -2.36. The Balaban J connectivity index is 1.35. The zero-order chi connectivity index (χ0) is 31.6. The molecular formula is C35H30N4O5S. The van der Waals surface area contributed by atoms with Gasteiger partial charge in [0, 0.05) is 35.8 Å². The minimum absolute atomic E-state index is 0.0501. The molecule has 6 rings (SSSR count). The van der Waals surface area contributed by atoms with E-state index in [-0.39, 0.29) is 23.2 Å². The second-order valence-corrected chi connectivity index (χ2v) is 12.3. The van der Waals surface area contributed by atoms with Crippen LogP contribution in [0.15, 0.2) is 123 Å². The smallest absolute Gasteiger partial charge is 0.264 e. The Kier molecular flexibility index (Phi) is 8.06. The van der Waals surface area contributed by atoms with Crippen LogP contribution in [0, 0.1) is 13.8 Å². The summed E-state index contributed by atoms with van der Waals surface area (Å²) in [5.41, 5.74) is 6.29. The van der Waals surface area contributed by atoms with Gasteiger partial charge in [-0.15, -0.1) is 0 Å². The third-order valence-electron chi connectivity index (χ3n) is 7.63. The molecular weight excluding hydrogens is 588 g/mol. The number of oxazole rings is 1. The normalized spacial score (nSPS) is 11.4. The lowest BCUT2D eigenvalue weighted by Gasteiger charge is -2.21. The molecule has 0 spiro atoms. The molecule has 1 amide bonds. The van der Waals surface area contributed by atoms with Gasteiger partial charge in [-0.25, -0.2) is 18.1 Å². The van der Waals surface area contributed by atoms with Crippen molar-refractivity contribution in [2.24, 2.45) is 0 Å². The summed E-state index contributed by atoms with van der Waals surface area (Å²) in [6.45, 7) is 3.66. The van der Waals surface area contributed by atoms with Gasteiger partial charge in [0.1, 0.15) is 6.26 Å². The van der Waals surface area contributed by atoms with Crippen molar-refractivity contribution < 1.29 is 22.2 Å². The number of benzene rings is 4. The fourth-order valence-corrected chi connectivity index (χ4v) is 6.35. The Morgan fingerprint density at radius 1 is 0.844 bits per heavy atom. The van der Waals surface area contributed by atoms with Gasteiger partial charge in [0.15, 0.2) is 0 Å². The Labute approximate surface area is 261 Å². The summed E-state index contributed by atoms with van der Waals surface area (Å²) < 4.78 is 40.7. The van der Waals surface area contributed by atoms with E-state index in [9.17, 15) is 13.2 Å². The molecule has 0 fully saturated rings. The van der Waals surface area contributed by atoms with Gasteiger partial charge >= 0.3 is 0 Å². The number of rotatable bonds is 9. The molecule has 2 heterocycles. The van der Waals surface area contributed by atoms with E-state index in [2.05, 4.69) is 14.9 Å². The van der Waals surface area contributed by atoms with Crippen LogP contribution in [0.3, 0.4) is 0 Å². The minimum Gasteiger partial charge on any atom is -0.445 e. The van der Waals surface area contributed by atoms with Gasteiger partial charge in [-0.05, 0) is 66.4 Å². The molecule has 45 heavy (non-hydrogen) atoms. The van der Waals surface area contributed by atoms with Crippen LogP contribution in [0.25, 0.3) is 33.7 Å². The maximum atomic E-state index is 13.7. The molecule has 226 valence electrons. The molecule has 0 radical (unpaired) electrons. The predicted molar refractivity (Wildman–Crippen MR) is 172 cm³/mol. The summed E-state index contributed by atoms with van der Waals surface area (Å²) in [6.07, 6.45) is 3.04. The van der Waals surface area contributed by atoms with Crippen molar-refractivity contribution in [1.29, 1.82) is 0 Å². The highest BCUT2D eigenvalue weighted by molar-refractivity contribution is 7.92. The predicted octanol–water partition coefficient (Wildman–Crippen LogP) is 7.35. The highest BCUT2D eigenvalue weighted by Gasteiger charge is 2.25. The molecule has 0 saturated heterocycles. The highest BCUT2D eigenvalue weighted by atomic mass is 32.2. The largest absolute Gasteiger partial charge is 0.445 e. The lowest BCUT2D eigenvalue weighted by Crippen LogP contribution is -2.26. The number of aryl methyl sites for hydroxylation is 1. The molecule has 6 aromatic rings. The molecule has 0 atom stereocenters. The first-order valence-electron chi connectivity index (χ1n) is 14.2. The SMILES string of the molecule is Cc1noc(NS(=O)(=O)c2ccccc2-c2ccc(-c3ncco3)cc2CN(C)C(=O)c2ccc(-c3ccccc3)cc2)c1C. The molecule has 1 N–H and O–H groups in total. The van der Waals surface area contributed by atoms with E-state index in [1.54, 1.807) is 50.2 Å². The average Bonchev–Trinajstić information content (AvgIpc) is 3.71. The summed E-state index contributed by atoms with van der Waals surface area (Å²) in [6, 6.07) is 29.6.